The molecule has 19 heavy (non-hydrogen) atoms. The van der Waals surface area contributed by atoms with E-state index in [9.17, 15) is 4.79 Å². The number of aromatic nitrogens is 2. The fraction of sp³-hybridized carbons (Fsp3) is 0.375. The predicted molar refractivity (Wildman–Crippen MR) is 78.4 cm³/mol. The minimum absolute atomic E-state index is 0.0408. The molecule has 3 heteroatoms. The maximum Gasteiger partial charge on any atom is 0.254 e. The first-order valence-corrected chi connectivity index (χ1v) is 6.80. The van der Waals surface area contributed by atoms with E-state index in [-0.39, 0.29) is 11.5 Å². The van der Waals surface area contributed by atoms with Gasteiger partial charge in [0, 0.05) is 11.1 Å². The molecule has 1 aromatic carbocycles. The quantitative estimate of drug-likeness (QED) is 0.909. The third-order valence-electron chi connectivity index (χ3n) is 3.21. The molecule has 0 aliphatic heterocycles. The maximum absolute atomic E-state index is 12.0. The molecule has 0 bridgehead atoms. The van der Waals surface area contributed by atoms with E-state index in [0.717, 1.165) is 29.7 Å². The second-order valence-corrected chi connectivity index (χ2v) is 5.10. The highest BCUT2D eigenvalue weighted by Crippen LogP contribution is 2.25. The van der Waals surface area contributed by atoms with Crippen LogP contribution >= 0.6 is 0 Å². The largest absolute Gasteiger partial charge is 0.313 e. The number of hydrogen-bond acceptors (Lipinski definition) is 2. The molecule has 0 aliphatic rings. The van der Waals surface area contributed by atoms with Crippen molar-refractivity contribution in [3.05, 3.63) is 52.1 Å². The first-order chi connectivity index (χ1) is 9.13. The molecule has 1 N–H and O–H groups in total. The summed E-state index contributed by atoms with van der Waals surface area (Å²) in [5.41, 5.74) is 3.84. The number of nitrogens with zero attached hydrogens (tertiary/aromatic N) is 1. The molecule has 2 aromatic rings. The van der Waals surface area contributed by atoms with Crippen LogP contribution in [0.5, 0.6) is 0 Å². The Balaban J connectivity index is 2.55. The van der Waals surface area contributed by atoms with Crippen molar-refractivity contribution in [1.82, 2.24) is 9.97 Å². The first kappa shape index (κ1) is 13.5. The molecule has 0 aliphatic carbocycles. The zero-order chi connectivity index (χ0) is 13.8. The Kier molecular flexibility index (Phi) is 4.15. The van der Waals surface area contributed by atoms with Gasteiger partial charge in [0.25, 0.3) is 5.56 Å². The van der Waals surface area contributed by atoms with Crippen molar-refractivity contribution in [2.75, 3.05) is 0 Å². The Labute approximate surface area is 113 Å². The summed E-state index contributed by atoms with van der Waals surface area (Å²) in [6.07, 6.45) is 3.65. The van der Waals surface area contributed by atoms with Gasteiger partial charge in [0.2, 0.25) is 0 Å². The molecular formula is C16H20N2O. The van der Waals surface area contributed by atoms with Gasteiger partial charge in [0.05, 0.1) is 12.0 Å². The van der Waals surface area contributed by atoms with E-state index in [1.54, 1.807) is 0 Å². The maximum atomic E-state index is 12.0. The Hall–Kier alpha value is -1.90. The summed E-state index contributed by atoms with van der Waals surface area (Å²) in [6.45, 7) is 6.20. The van der Waals surface area contributed by atoms with Crippen LogP contribution < -0.4 is 5.56 Å². The smallest absolute Gasteiger partial charge is 0.254 e. The van der Waals surface area contributed by atoms with Crippen LogP contribution in [0.4, 0.5) is 0 Å². The molecule has 0 saturated carbocycles. The Morgan fingerprint density at radius 2 is 2.11 bits per heavy atom. The number of aromatic amines is 1. The Morgan fingerprint density at radius 3 is 2.79 bits per heavy atom. The van der Waals surface area contributed by atoms with E-state index in [4.69, 9.17) is 0 Å². The van der Waals surface area contributed by atoms with Gasteiger partial charge in [-0.3, -0.25) is 4.79 Å². The number of aryl methyl sites for hydroxylation is 1. The summed E-state index contributed by atoms with van der Waals surface area (Å²) in [5.74, 6) is 0.155. The Morgan fingerprint density at radius 1 is 1.32 bits per heavy atom. The lowest BCUT2D eigenvalue weighted by molar-refractivity contribution is 0.833. The molecule has 0 amide bonds. The molecule has 0 saturated heterocycles. The molecule has 1 heterocycles. The van der Waals surface area contributed by atoms with Crippen molar-refractivity contribution in [1.29, 1.82) is 0 Å². The Bertz CT molecular complexity index is 614. The number of rotatable bonds is 4. The summed E-state index contributed by atoms with van der Waals surface area (Å²) in [5, 5.41) is 0. The van der Waals surface area contributed by atoms with Crippen LogP contribution in [0.2, 0.25) is 0 Å². The van der Waals surface area contributed by atoms with Gasteiger partial charge in [-0.05, 0) is 24.0 Å². The van der Waals surface area contributed by atoms with E-state index in [0.29, 0.717) is 0 Å². The van der Waals surface area contributed by atoms with Gasteiger partial charge >= 0.3 is 0 Å². The van der Waals surface area contributed by atoms with Gasteiger partial charge in [-0.25, -0.2) is 4.98 Å². The van der Waals surface area contributed by atoms with Crippen molar-refractivity contribution < 1.29 is 0 Å². The van der Waals surface area contributed by atoms with Gasteiger partial charge in [-0.15, -0.1) is 0 Å². The van der Waals surface area contributed by atoms with E-state index in [1.807, 2.05) is 26.0 Å². The van der Waals surface area contributed by atoms with Crippen LogP contribution in [0.15, 0.2) is 35.4 Å². The topological polar surface area (TPSA) is 45.8 Å². The lowest BCUT2D eigenvalue weighted by Gasteiger charge is -2.11. The van der Waals surface area contributed by atoms with Crippen molar-refractivity contribution >= 4 is 0 Å². The number of nitrogens with one attached hydrogen (secondary N) is 1. The lowest BCUT2D eigenvalue weighted by Crippen LogP contribution is -2.16. The van der Waals surface area contributed by atoms with Crippen LogP contribution in [-0.4, -0.2) is 9.97 Å². The van der Waals surface area contributed by atoms with E-state index < -0.39 is 0 Å². The number of H-pyrrole nitrogens is 1. The van der Waals surface area contributed by atoms with Crippen molar-refractivity contribution in [3.8, 4) is 11.3 Å². The van der Waals surface area contributed by atoms with Crippen LogP contribution in [0, 0.1) is 0 Å². The molecule has 100 valence electrons. The van der Waals surface area contributed by atoms with Crippen LogP contribution in [-0.2, 0) is 6.42 Å². The summed E-state index contributed by atoms with van der Waals surface area (Å²) < 4.78 is 0. The molecule has 2 rings (SSSR count). The predicted octanol–water partition coefficient (Wildman–Crippen LogP) is 3.51. The molecular weight excluding hydrogens is 236 g/mol. The minimum Gasteiger partial charge on any atom is -0.313 e. The molecule has 3 nitrogen and oxygen atoms in total. The van der Waals surface area contributed by atoms with Gasteiger partial charge in [-0.1, -0.05) is 45.4 Å². The fourth-order valence-electron chi connectivity index (χ4n) is 2.34. The van der Waals surface area contributed by atoms with Gasteiger partial charge in [0.15, 0.2) is 0 Å². The summed E-state index contributed by atoms with van der Waals surface area (Å²) in [7, 11) is 0. The van der Waals surface area contributed by atoms with Crippen LogP contribution in [0.1, 0.15) is 44.2 Å². The highest BCUT2D eigenvalue weighted by atomic mass is 16.1. The molecule has 0 radical (unpaired) electrons. The third-order valence-corrected chi connectivity index (χ3v) is 3.21. The van der Waals surface area contributed by atoms with Gasteiger partial charge in [-0.2, -0.15) is 0 Å². The normalized spacial score (nSPS) is 10.9. The second-order valence-electron chi connectivity index (χ2n) is 5.10. The standard InChI is InChI=1S/C16H20N2O/c1-4-6-12-7-5-8-13(9-12)15-14(11(2)3)16(19)18-10-17-15/h5,7-11H,4,6H2,1-3H3,(H,17,18,19). The van der Waals surface area contributed by atoms with Crippen LogP contribution in [0.25, 0.3) is 11.3 Å². The summed E-state index contributed by atoms with van der Waals surface area (Å²) in [4.78, 5) is 19.0. The summed E-state index contributed by atoms with van der Waals surface area (Å²) in [6, 6.07) is 8.31. The zero-order valence-electron chi connectivity index (χ0n) is 11.7. The third kappa shape index (κ3) is 2.92. The van der Waals surface area contributed by atoms with Gasteiger partial charge in [0.1, 0.15) is 0 Å². The average Bonchev–Trinajstić information content (AvgIpc) is 2.38. The first-order valence-electron chi connectivity index (χ1n) is 6.80. The van der Waals surface area contributed by atoms with E-state index in [1.165, 1.54) is 11.9 Å². The molecule has 0 unspecified atom stereocenters. The zero-order valence-corrected chi connectivity index (χ0v) is 11.7. The van der Waals surface area contributed by atoms with E-state index in [2.05, 4.69) is 29.0 Å². The summed E-state index contributed by atoms with van der Waals surface area (Å²) >= 11 is 0. The van der Waals surface area contributed by atoms with Crippen LogP contribution in [0.3, 0.4) is 0 Å². The highest BCUT2D eigenvalue weighted by molar-refractivity contribution is 5.63. The average molecular weight is 256 g/mol. The van der Waals surface area contributed by atoms with Crippen molar-refractivity contribution in [2.24, 2.45) is 0 Å². The van der Waals surface area contributed by atoms with Gasteiger partial charge < -0.3 is 4.98 Å². The molecule has 0 spiro atoms. The highest BCUT2D eigenvalue weighted by Gasteiger charge is 2.14. The second kappa shape index (κ2) is 5.83. The monoisotopic (exact) mass is 256 g/mol. The van der Waals surface area contributed by atoms with E-state index >= 15 is 0 Å². The number of benzene rings is 1. The van der Waals surface area contributed by atoms with Crippen molar-refractivity contribution in [3.63, 3.8) is 0 Å². The minimum atomic E-state index is -0.0408. The lowest BCUT2D eigenvalue weighted by atomic mass is 9.97. The molecule has 0 atom stereocenters. The number of hydrogen-bond donors (Lipinski definition) is 1. The molecule has 1 aromatic heterocycles. The SMILES string of the molecule is CCCc1cccc(-c2nc[nH]c(=O)c2C(C)C)c1. The molecule has 0 fully saturated rings. The van der Waals surface area contributed by atoms with Crippen molar-refractivity contribution in [2.45, 2.75) is 39.5 Å². The fourth-order valence-corrected chi connectivity index (χ4v) is 2.34.